The summed E-state index contributed by atoms with van der Waals surface area (Å²) in [5.74, 6) is 0.864. The van der Waals surface area contributed by atoms with E-state index in [9.17, 15) is 4.39 Å². The molecule has 1 aromatic rings. The Hall–Kier alpha value is -0.960. The van der Waals surface area contributed by atoms with E-state index < -0.39 is 0 Å². The Morgan fingerprint density at radius 1 is 1.53 bits per heavy atom. The second kappa shape index (κ2) is 4.71. The van der Waals surface area contributed by atoms with Crippen LogP contribution in [-0.2, 0) is 0 Å². The summed E-state index contributed by atoms with van der Waals surface area (Å²) in [4.78, 5) is 3.93. The average Bonchev–Trinajstić information content (AvgIpc) is 2.29. The summed E-state index contributed by atoms with van der Waals surface area (Å²) in [7, 11) is 0. The van der Waals surface area contributed by atoms with E-state index in [0.29, 0.717) is 11.8 Å². The highest BCUT2D eigenvalue weighted by atomic mass is 19.1. The number of rotatable bonds is 2. The second-order valence-electron chi connectivity index (χ2n) is 4.20. The Labute approximate surface area is 89.9 Å². The van der Waals surface area contributed by atoms with E-state index in [-0.39, 0.29) is 5.82 Å². The number of aromatic nitrogens is 1. The highest BCUT2D eigenvalue weighted by Crippen LogP contribution is 2.31. The Morgan fingerprint density at radius 2 is 2.40 bits per heavy atom. The Morgan fingerprint density at radius 3 is 3.13 bits per heavy atom. The highest BCUT2D eigenvalue weighted by Gasteiger charge is 2.25. The van der Waals surface area contributed by atoms with Crippen molar-refractivity contribution >= 4 is 0 Å². The molecule has 0 radical (unpaired) electrons. The molecule has 15 heavy (non-hydrogen) atoms. The molecule has 2 nitrogen and oxygen atoms in total. The van der Waals surface area contributed by atoms with Crippen LogP contribution in [0.25, 0.3) is 0 Å². The van der Waals surface area contributed by atoms with E-state index in [4.69, 9.17) is 0 Å². The van der Waals surface area contributed by atoms with Gasteiger partial charge in [0.05, 0.1) is 6.20 Å². The highest BCUT2D eigenvalue weighted by molar-refractivity contribution is 5.17. The molecule has 1 aromatic heterocycles. The first-order valence-corrected chi connectivity index (χ1v) is 5.62. The molecular formula is C12H17FN2. The van der Waals surface area contributed by atoms with Gasteiger partial charge in [0.15, 0.2) is 0 Å². The summed E-state index contributed by atoms with van der Waals surface area (Å²) >= 11 is 0. The molecule has 2 heterocycles. The first kappa shape index (κ1) is 10.6. The van der Waals surface area contributed by atoms with Gasteiger partial charge in [0.1, 0.15) is 5.82 Å². The zero-order chi connectivity index (χ0) is 10.7. The molecule has 0 aliphatic carbocycles. The number of nitrogens with zero attached hydrogens (tertiary/aromatic N) is 1. The fourth-order valence-corrected chi connectivity index (χ4v) is 2.42. The molecule has 0 bridgehead atoms. The molecule has 1 aliphatic heterocycles. The van der Waals surface area contributed by atoms with Gasteiger partial charge in [-0.2, -0.15) is 0 Å². The van der Waals surface area contributed by atoms with Gasteiger partial charge in [0, 0.05) is 6.20 Å². The molecule has 0 saturated carbocycles. The van der Waals surface area contributed by atoms with Crippen LogP contribution in [0, 0.1) is 11.7 Å². The van der Waals surface area contributed by atoms with Gasteiger partial charge in [-0.15, -0.1) is 0 Å². The number of hydrogen-bond acceptors (Lipinski definition) is 2. The van der Waals surface area contributed by atoms with Crippen LogP contribution in [0.3, 0.4) is 0 Å². The van der Waals surface area contributed by atoms with Crippen molar-refractivity contribution in [1.82, 2.24) is 10.3 Å². The summed E-state index contributed by atoms with van der Waals surface area (Å²) in [5.41, 5.74) is 1.06. The topological polar surface area (TPSA) is 24.9 Å². The van der Waals surface area contributed by atoms with Gasteiger partial charge in [-0.25, -0.2) is 4.39 Å². The molecule has 1 aliphatic rings. The maximum atomic E-state index is 13.1. The zero-order valence-electron chi connectivity index (χ0n) is 9.04. The van der Waals surface area contributed by atoms with Gasteiger partial charge in [-0.1, -0.05) is 13.3 Å². The summed E-state index contributed by atoms with van der Waals surface area (Å²) in [6, 6.07) is 1.63. The van der Waals surface area contributed by atoms with Crippen molar-refractivity contribution in [2.24, 2.45) is 5.92 Å². The smallest absolute Gasteiger partial charge is 0.141 e. The Kier molecular flexibility index (Phi) is 3.31. The minimum absolute atomic E-state index is 0.221. The van der Waals surface area contributed by atoms with Gasteiger partial charge in [0.25, 0.3) is 0 Å². The van der Waals surface area contributed by atoms with Crippen molar-refractivity contribution in [3.63, 3.8) is 0 Å². The van der Waals surface area contributed by atoms with Crippen LogP contribution in [0.1, 0.15) is 31.2 Å². The van der Waals surface area contributed by atoms with Crippen LogP contribution in [0.4, 0.5) is 4.39 Å². The summed E-state index contributed by atoms with van der Waals surface area (Å²) in [5, 5.41) is 3.39. The third kappa shape index (κ3) is 2.34. The van der Waals surface area contributed by atoms with E-state index in [1.165, 1.54) is 6.20 Å². The van der Waals surface area contributed by atoms with Crippen LogP contribution in [0.15, 0.2) is 18.5 Å². The normalized spacial score (nSPS) is 26.5. The van der Waals surface area contributed by atoms with Gasteiger partial charge >= 0.3 is 0 Å². The number of halogens is 1. The summed E-state index contributed by atoms with van der Waals surface area (Å²) < 4.78 is 13.1. The maximum Gasteiger partial charge on any atom is 0.141 e. The van der Waals surface area contributed by atoms with Crippen molar-refractivity contribution in [3.05, 3.63) is 29.8 Å². The van der Waals surface area contributed by atoms with Crippen LogP contribution >= 0.6 is 0 Å². The van der Waals surface area contributed by atoms with Crippen LogP contribution in [0.2, 0.25) is 0 Å². The SMILES string of the molecule is CCC1CNCCC1c1cncc(F)c1. The fourth-order valence-electron chi connectivity index (χ4n) is 2.42. The standard InChI is InChI=1S/C12H17FN2/c1-2-9-6-14-4-3-12(9)10-5-11(13)8-15-7-10/h5,7-9,12,14H,2-4,6H2,1H3. The number of pyridine rings is 1. The van der Waals surface area contributed by atoms with Gasteiger partial charge in [-0.3, -0.25) is 4.98 Å². The molecule has 3 heteroatoms. The van der Waals surface area contributed by atoms with Crippen molar-refractivity contribution < 1.29 is 4.39 Å². The van der Waals surface area contributed by atoms with Crippen molar-refractivity contribution in [2.75, 3.05) is 13.1 Å². The number of piperidine rings is 1. The molecule has 0 aromatic carbocycles. The van der Waals surface area contributed by atoms with Gasteiger partial charge in [0.2, 0.25) is 0 Å². The molecule has 2 atom stereocenters. The molecule has 1 fully saturated rings. The quantitative estimate of drug-likeness (QED) is 0.806. The molecule has 2 unspecified atom stereocenters. The summed E-state index contributed by atoms with van der Waals surface area (Å²) in [6.45, 7) is 4.26. The molecule has 0 spiro atoms. The lowest BCUT2D eigenvalue weighted by Gasteiger charge is -2.31. The molecule has 2 rings (SSSR count). The molecule has 1 N–H and O–H groups in total. The average molecular weight is 208 g/mol. The lowest BCUT2D eigenvalue weighted by atomic mass is 9.80. The third-order valence-electron chi connectivity index (χ3n) is 3.29. The van der Waals surface area contributed by atoms with Crippen molar-refractivity contribution in [3.8, 4) is 0 Å². The minimum atomic E-state index is -0.221. The lowest BCUT2D eigenvalue weighted by molar-refractivity contribution is 0.316. The molecule has 1 saturated heterocycles. The monoisotopic (exact) mass is 208 g/mol. The Balaban J connectivity index is 2.20. The van der Waals surface area contributed by atoms with Crippen LogP contribution in [-0.4, -0.2) is 18.1 Å². The van der Waals surface area contributed by atoms with Crippen LogP contribution < -0.4 is 5.32 Å². The largest absolute Gasteiger partial charge is 0.316 e. The van der Waals surface area contributed by atoms with E-state index in [0.717, 1.165) is 31.5 Å². The first-order valence-electron chi connectivity index (χ1n) is 5.62. The van der Waals surface area contributed by atoms with E-state index in [2.05, 4.69) is 17.2 Å². The fraction of sp³-hybridized carbons (Fsp3) is 0.583. The first-order chi connectivity index (χ1) is 7.31. The molecule has 0 amide bonds. The third-order valence-corrected chi connectivity index (χ3v) is 3.29. The van der Waals surface area contributed by atoms with E-state index in [1.54, 1.807) is 6.07 Å². The van der Waals surface area contributed by atoms with Crippen LogP contribution in [0.5, 0.6) is 0 Å². The second-order valence-corrected chi connectivity index (χ2v) is 4.20. The molecular weight excluding hydrogens is 191 g/mol. The Bertz CT molecular complexity index is 327. The van der Waals surface area contributed by atoms with Gasteiger partial charge < -0.3 is 5.32 Å². The predicted octanol–water partition coefficient (Wildman–Crippen LogP) is 2.32. The lowest BCUT2D eigenvalue weighted by Crippen LogP contribution is -2.35. The van der Waals surface area contributed by atoms with E-state index >= 15 is 0 Å². The minimum Gasteiger partial charge on any atom is -0.316 e. The molecule has 82 valence electrons. The van der Waals surface area contributed by atoms with Gasteiger partial charge in [-0.05, 0) is 43.0 Å². The number of hydrogen-bond donors (Lipinski definition) is 1. The summed E-state index contributed by atoms with van der Waals surface area (Å²) in [6.07, 6.45) is 5.30. The maximum absolute atomic E-state index is 13.1. The number of nitrogens with one attached hydrogen (secondary N) is 1. The predicted molar refractivity (Wildman–Crippen MR) is 58.2 cm³/mol. The van der Waals surface area contributed by atoms with Crippen molar-refractivity contribution in [1.29, 1.82) is 0 Å². The van der Waals surface area contributed by atoms with Crippen molar-refractivity contribution in [2.45, 2.75) is 25.7 Å². The van der Waals surface area contributed by atoms with E-state index in [1.807, 2.05) is 6.20 Å². The zero-order valence-corrected chi connectivity index (χ0v) is 9.04.